The molecule has 0 unspecified atom stereocenters. The minimum Gasteiger partial charge on any atom is -0.466 e. The number of rotatable bonds is 19. The van der Waals surface area contributed by atoms with Crippen molar-refractivity contribution in [3.05, 3.63) is 0 Å². The van der Waals surface area contributed by atoms with E-state index in [1.54, 1.807) is 0 Å². The molecule has 3 nitrogen and oxygen atoms in total. The zero-order chi connectivity index (χ0) is 18.6. The summed E-state index contributed by atoms with van der Waals surface area (Å²) >= 11 is 0. The molecule has 0 rings (SSSR count). The van der Waals surface area contributed by atoms with E-state index in [2.05, 4.69) is 25.7 Å². The number of nitrogens with zero attached hydrogens (tertiary/aromatic N) is 1. The quantitative estimate of drug-likeness (QED) is 0.200. The molecule has 0 aliphatic rings. The lowest BCUT2D eigenvalue weighted by molar-refractivity contribution is -0.143. The van der Waals surface area contributed by atoms with E-state index in [1.165, 1.54) is 70.6 Å². The van der Waals surface area contributed by atoms with E-state index >= 15 is 0 Å². The van der Waals surface area contributed by atoms with E-state index in [1.807, 2.05) is 0 Å². The molecule has 0 aromatic heterocycles. The summed E-state index contributed by atoms with van der Waals surface area (Å²) in [5.74, 6) is -0.00775. The average molecular weight is 356 g/mol. The van der Waals surface area contributed by atoms with E-state index in [4.69, 9.17) is 4.74 Å². The van der Waals surface area contributed by atoms with Crippen molar-refractivity contribution in [2.45, 2.75) is 111 Å². The van der Waals surface area contributed by atoms with Crippen LogP contribution in [0, 0.1) is 0 Å². The Bertz CT molecular complexity index is 277. The number of ether oxygens (including phenoxy) is 1. The maximum absolute atomic E-state index is 11.7. The monoisotopic (exact) mass is 355 g/mol. The fourth-order valence-corrected chi connectivity index (χ4v) is 3.20. The van der Waals surface area contributed by atoms with Crippen LogP contribution in [0.2, 0.25) is 0 Å². The van der Waals surface area contributed by atoms with Gasteiger partial charge in [-0.1, -0.05) is 91.4 Å². The molecule has 0 heterocycles. The highest BCUT2D eigenvalue weighted by molar-refractivity contribution is 5.69. The van der Waals surface area contributed by atoms with Crippen LogP contribution < -0.4 is 0 Å². The maximum atomic E-state index is 11.7. The van der Waals surface area contributed by atoms with E-state index < -0.39 is 0 Å². The first-order valence-corrected chi connectivity index (χ1v) is 11.1. The van der Waals surface area contributed by atoms with Gasteiger partial charge in [-0.2, -0.15) is 0 Å². The Kier molecular flexibility index (Phi) is 19.3. The summed E-state index contributed by atoms with van der Waals surface area (Å²) in [6.45, 7) is 10.4. The van der Waals surface area contributed by atoms with Crippen molar-refractivity contribution in [2.75, 3.05) is 26.2 Å². The predicted molar refractivity (Wildman–Crippen MR) is 109 cm³/mol. The molecule has 0 saturated carbocycles. The maximum Gasteiger partial charge on any atom is 0.305 e. The molecule has 0 spiro atoms. The van der Waals surface area contributed by atoms with Crippen LogP contribution >= 0.6 is 0 Å². The van der Waals surface area contributed by atoms with Crippen molar-refractivity contribution in [3.63, 3.8) is 0 Å². The Labute approximate surface area is 157 Å². The lowest BCUT2D eigenvalue weighted by atomic mass is 10.0. The van der Waals surface area contributed by atoms with Crippen molar-refractivity contribution < 1.29 is 9.53 Å². The highest BCUT2D eigenvalue weighted by Crippen LogP contribution is 2.12. The van der Waals surface area contributed by atoms with Crippen LogP contribution in [-0.2, 0) is 9.53 Å². The third-order valence-electron chi connectivity index (χ3n) is 5.01. The van der Waals surface area contributed by atoms with Gasteiger partial charge in [-0.3, -0.25) is 4.79 Å². The zero-order valence-corrected chi connectivity index (χ0v) is 17.5. The van der Waals surface area contributed by atoms with Crippen molar-refractivity contribution in [3.8, 4) is 0 Å². The molecule has 0 saturated heterocycles. The Balaban J connectivity index is 3.22. The summed E-state index contributed by atoms with van der Waals surface area (Å²) in [7, 11) is 0. The number of unbranched alkanes of at least 4 members (excludes halogenated alkanes) is 11. The number of esters is 1. The van der Waals surface area contributed by atoms with Crippen LogP contribution in [0.3, 0.4) is 0 Å². The van der Waals surface area contributed by atoms with Crippen molar-refractivity contribution in [1.82, 2.24) is 4.90 Å². The van der Waals surface area contributed by atoms with Gasteiger partial charge < -0.3 is 9.64 Å². The lowest BCUT2D eigenvalue weighted by Crippen LogP contribution is -2.25. The number of hydrogen-bond donors (Lipinski definition) is 0. The molecule has 0 aromatic rings. The van der Waals surface area contributed by atoms with Gasteiger partial charge in [0.2, 0.25) is 0 Å². The highest BCUT2D eigenvalue weighted by atomic mass is 16.5. The second kappa shape index (κ2) is 19.8. The van der Waals surface area contributed by atoms with Crippen molar-refractivity contribution in [1.29, 1.82) is 0 Å². The van der Waals surface area contributed by atoms with E-state index in [9.17, 15) is 4.79 Å². The molecule has 0 fully saturated rings. The number of carbonyl (C=O) groups is 1. The molecule has 0 amide bonds. The third kappa shape index (κ3) is 18.0. The van der Waals surface area contributed by atoms with Crippen molar-refractivity contribution >= 4 is 5.97 Å². The van der Waals surface area contributed by atoms with Crippen LogP contribution in [0.15, 0.2) is 0 Å². The molecular formula is C22H45NO2. The Hall–Kier alpha value is -0.570. The van der Waals surface area contributed by atoms with E-state index in [0.29, 0.717) is 13.0 Å². The molecule has 0 aromatic carbocycles. The largest absolute Gasteiger partial charge is 0.466 e. The Morgan fingerprint density at radius 3 is 1.64 bits per heavy atom. The summed E-state index contributed by atoms with van der Waals surface area (Å²) < 4.78 is 5.32. The minimum atomic E-state index is -0.00775. The molecule has 0 aliphatic carbocycles. The second-order valence-electron chi connectivity index (χ2n) is 7.24. The summed E-state index contributed by atoms with van der Waals surface area (Å²) in [6.07, 6.45) is 17.5. The summed E-state index contributed by atoms with van der Waals surface area (Å²) in [6, 6.07) is 0. The first kappa shape index (κ1) is 24.4. The lowest BCUT2D eigenvalue weighted by Gasteiger charge is -2.17. The zero-order valence-electron chi connectivity index (χ0n) is 17.5. The van der Waals surface area contributed by atoms with Gasteiger partial charge in [0.25, 0.3) is 0 Å². The Morgan fingerprint density at radius 2 is 1.16 bits per heavy atom. The highest BCUT2D eigenvalue weighted by Gasteiger charge is 2.04. The van der Waals surface area contributed by atoms with Crippen LogP contribution in [0.4, 0.5) is 0 Å². The van der Waals surface area contributed by atoms with Crippen LogP contribution in [0.1, 0.15) is 111 Å². The first-order chi connectivity index (χ1) is 12.2. The number of carbonyl (C=O) groups excluding carboxylic acids is 1. The minimum absolute atomic E-state index is 0.00775. The van der Waals surface area contributed by atoms with Gasteiger partial charge in [-0.15, -0.1) is 0 Å². The van der Waals surface area contributed by atoms with Gasteiger partial charge in [0.1, 0.15) is 0 Å². The fraction of sp³-hybridized carbons (Fsp3) is 0.955. The Morgan fingerprint density at radius 1 is 0.680 bits per heavy atom. The fourth-order valence-electron chi connectivity index (χ4n) is 3.20. The summed E-state index contributed by atoms with van der Waals surface area (Å²) in [5, 5.41) is 0. The van der Waals surface area contributed by atoms with E-state index in [-0.39, 0.29) is 5.97 Å². The molecule has 0 atom stereocenters. The van der Waals surface area contributed by atoms with Gasteiger partial charge in [0.05, 0.1) is 6.61 Å². The van der Waals surface area contributed by atoms with Crippen molar-refractivity contribution in [2.24, 2.45) is 0 Å². The molecule has 3 heteroatoms. The van der Waals surface area contributed by atoms with Gasteiger partial charge in [0, 0.05) is 13.0 Å². The third-order valence-corrected chi connectivity index (χ3v) is 5.01. The van der Waals surface area contributed by atoms with E-state index in [0.717, 1.165) is 32.5 Å². The predicted octanol–water partition coefficient (Wildman–Crippen LogP) is 6.35. The van der Waals surface area contributed by atoms with Crippen LogP contribution in [-0.4, -0.2) is 37.1 Å². The summed E-state index contributed by atoms with van der Waals surface area (Å²) in [4.78, 5) is 14.0. The molecule has 150 valence electrons. The average Bonchev–Trinajstić information content (AvgIpc) is 2.62. The molecule has 0 radical (unpaired) electrons. The smallest absolute Gasteiger partial charge is 0.305 e. The summed E-state index contributed by atoms with van der Waals surface area (Å²) in [5.41, 5.74) is 0. The molecule has 25 heavy (non-hydrogen) atoms. The molecular weight excluding hydrogens is 310 g/mol. The van der Waals surface area contributed by atoms with Gasteiger partial charge in [0.15, 0.2) is 0 Å². The topological polar surface area (TPSA) is 29.5 Å². The normalized spacial score (nSPS) is 11.2. The number of hydrogen-bond acceptors (Lipinski definition) is 3. The van der Waals surface area contributed by atoms with Gasteiger partial charge in [-0.05, 0) is 25.9 Å². The standard InChI is InChI=1S/C22H45NO2/c1-4-7-8-9-10-11-12-13-14-15-16-17-19-22(24)25-21-18-20-23(5-2)6-3/h4-21H2,1-3H3. The van der Waals surface area contributed by atoms with Gasteiger partial charge >= 0.3 is 5.97 Å². The molecule has 0 aliphatic heterocycles. The molecule has 0 bridgehead atoms. The molecule has 0 N–H and O–H groups in total. The SMILES string of the molecule is CCCCCCCCCCCCCCC(=O)OCCCN(CC)CC. The first-order valence-electron chi connectivity index (χ1n) is 11.1. The van der Waals surface area contributed by atoms with Crippen LogP contribution in [0.25, 0.3) is 0 Å². The second-order valence-corrected chi connectivity index (χ2v) is 7.24. The van der Waals surface area contributed by atoms with Crippen LogP contribution in [0.5, 0.6) is 0 Å². The van der Waals surface area contributed by atoms with Gasteiger partial charge in [-0.25, -0.2) is 0 Å².